The lowest BCUT2D eigenvalue weighted by Gasteiger charge is -2.36. The number of hydrogen-bond acceptors (Lipinski definition) is 3. The van der Waals surface area contributed by atoms with Crippen LogP contribution in [0.15, 0.2) is 10.1 Å². The Morgan fingerprint density at radius 3 is 2.28 bits per heavy atom. The Morgan fingerprint density at radius 2 is 1.89 bits per heavy atom. The van der Waals surface area contributed by atoms with Crippen LogP contribution in [0.1, 0.15) is 40.5 Å². The predicted molar refractivity (Wildman–Crippen MR) is 76.9 cm³/mol. The molecule has 0 radical (unpaired) electrons. The summed E-state index contributed by atoms with van der Waals surface area (Å²) in [4.78, 5) is 15.5. The average molecular weight is 254 g/mol. The monoisotopic (exact) mass is 254 g/mol. The van der Waals surface area contributed by atoms with Crippen molar-refractivity contribution >= 4 is 18.5 Å². The molecule has 0 spiro atoms. The fourth-order valence-corrected chi connectivity index (χ4v) is 1.73. The summed E-state index contributed by atoms with van der Waals surface area (Å²) in [6.07, 6.45) is 1.85. The Bertz CT molecular complexity index is 293. The minimum Gasteiger partial charge on any atom is -0.353 e. The summed E-state index contributed by atoms with van der Waals surface area (Å²) in [5.74, 6) is 1.39. The number of rotatable bonds is 4. The summed E-state index contributed by atoms with van der Waals surface area (Å²) in [6, 6.07) is 0.281. The van der Waals surface area contributed by atoms with Gasteiger partial charge in [-0.1, -0.05) is 27.7 Å². The van der Waals surface area contributed by atoms with Crippen LogP contribution in [-0.4, -0.2) is 31.5 Å². The highest BCUT2D eigenvalue weighted by molar-refractivity contribution is 5.86. The van der Waals surface area contributed by atoms with Crippen LogP contribution in [-0.2, 0) is 4.79 Å². The van der Waals surface area contributed by atoms with Crippen LogP contribution in [0.4, 0.5) is 0 Å². The van der Waals surface area contributed by atoms with Crippen molar-refractivity contribution in [3.63, 3.8) is 0 Å². The van der Waals surface area contributed by atoms with E-state index < -0.39 is 0 Å². The summed E-state index contributed by atoms with van der Waals surface area (Å²) < 4.78 is 0. The Balaban J connectivity index is 0.00000137. The molecule has 0 saturated heterocycles. The van der Waals surface area contributed by atoms with Crippen molar-refractivity contribution in [2.24, 2.45) is 21.9 Å². The van der Waals surface area contributed by atoms with Crippen molar-refractivity contribution in [3.05, 3.63) is 0 Å². The molecule has 5 nitrogen and oxygen atoms in total. The number of amidine groups is 1. The van der Waals surface area contributed by atoms with Gasteiger partial charge in [-0.3, -0.25) is 15.2 Å². The van der Waals surface area contributed by atoms with Gasteiger partial charge in [0.1, 0.15) is 5.84 Å². The second-order valence-corrected chi connectivity index (χ2v) is 4.41. The quantitative estimate of drug-likeness (QED) is 0.456. The number of aliphatic imine (C=N–C) groups is 1. The predicted octanol–water partition coefficient (Wildman–Crippen LogP) is 1.80. The molecule has 1 fully saturated rings. The molecule has 2 N–H and O–H groups in total. The molecule has 0 atom stereocenters. The van der Waals surface area contributed by atoms with Crippen LogP contribution in [0.2, 0.25) is 0 Å². The number of amides is 1. The van der Waals surface area contributed by atoms with Gasteiger partial charge in [-0.25, -0.2) is 0 Å². The summed E-state index contributed by atoms with van der Waals surface area (Å²) in [5.41, 5.74) is 2.78. The van der Waals surface area contributed by atoms with Gasteiger partial charge in [0.15, 0.2) is 0 Å². The number of carbonyl (C=O) groups excluding carboxylic acids is 1. The third-order valence-corrected chi connectivity index (χ3v) is 2.83. The largest absolute Gasteiger partial charge is 0.353 e. The Labute approximate surface area is 110 Å². The van der Waals surface area contributed by atoms with E-state index >= 15 is 0 Å². The third kappa shape index (κ3) is 4.85. The Morgan fingerprint density at radius 1 is 1.33 bits per heavy atom. The van der Waals surface area contributed by atoms with Gasteiger partial charge in [-0.05, 0) is 12.8 Å². The molecule has 1 aliphatic rings. The molecular formula is C13H26N4O. The van der Waals surface area contributed by atoms with Gasteiger partial charge < -0.3 is 5.32 Å². The molecule has 104 valence electrons. The fraction of sp³-hybridized carbons (Fsp3) is 0.769. The van der Waals surface area contributed by atoms with Crippen molar-refractivity contribution in [2.45, 2.75) is 46.6 Å². The number of hydrogen-bond donors (Lipinski definition) is 2. The SMILES string of the molecule is C=NNC(=NC)C1CC(NC(=O)C(C)C)C1.CC. The maximum atomic E-state index is 11.4. The molecule has 1 saturated carbocycles. The topological polar surface area (TPSA) is 65.8 Å². The molecule has 0 aromatic carbocycles. The Hall–Kier alpha value is -1.39. The smallest absolute Gasteiger partial charge is 0.222 e. The summed E-state index contributed by atoms with van der Waals surface area (Å²) in [6.45, 7) is 11.2. The lowest BCUT2D eigenvalue weighted by Crippen LogP contribution is -2.49. The maximum absolute atomic E-state index is 11.4. The van der Waals surface area contributed by atoms with Gasteiger partial charge in [0.2, 0.25) is 5.91 Å². The van der Waals surface area contributed by atoms with Gasteiger partial charge in [0.25, 0.3) is 0 Å². The molecule has 5 heteroatoms. The van der Waals surface area contributed by atoms with E-state index in [1.54, 1.807) is 7.05 Å². The first kappa shape index (κ1) is 16.6. The average Bonchev–Trinajstić information content (AvgIpc) is 2.33. The van der Waals surface area contributed by atoms with Crippen molar-refractivity contribution in [1.29, 1.82) is 0 Å². The van der Waals surface area contributed by atoms with Crippen molar-refractivity contribution in [1.82, 2.24) is 10.7 Å². The van der Waals surface area contributed by atoms with Gasteiger partial charge in [0, 0.05) is 31.6 Å². The van der Waals surface area contributed by atoms with E-state index in [0.29, 0.717) is 5.92 Å². The zero-order valence-corrected chi connectivity index (χ0v) is 12.2. The number of nitrogens with zero attached hydrogens (tertiary/aromatic N) is 2. The lowest BCUT2D eigenvalue weighted by atomic mass is 9.79. The number of nitrogens with one attached hydrogen (secondary N) is 2. The molecular weight excluding hydrogens is 228 g/mol. The second kappa shape index (κ2) is 8.66. The van der Waals surface area contributed by atoms with Crippen molar-refractivity contribution in [2.75, 3.05) is 7.05 Å². The first-order chi connectivity index (χ1) is 8.58. The summed E-state index contributed by atoms with van der Waals surface area (Å²) in [7, 11) is 1.73. The van der Waals surface area contributed by atoms with Crippen molar-refractivity contribution < 1.29 is 4.79 Å². The van der Waals surface area contributed by atoms with E-state index in [-0.39, 0.29) is 17.9 Å². The molecule has 1 aliphatic carbocycles. The third-order valence-electron chi connectivity index (χ3n) is 2.83. The zero-order chi connectivity index (χ0) is 14.1. The van der Waals surface area contributed by atoms with Crippen LogP contribution in [0.5, 0.6) is 0 Å². The zero-order valence-electron chi connectivity index (χ0n) is 12.2. The van der Waals surface area contributed by atoms with Gasteiger partial charge >= 0.3 is 0 Å². The Kier molecular flexibility index (Phi) is 8.00. The molecule has 1 rings (SSSR count). The van der Waals surface area contributed by atoms with Gasteiger partial charge in [0.05, 0.1) is 0 Å². The number of hydrazone groups is 1. The molecule has 18 heavy (non-hydrogen) atoms. The molecule has 1 amide bonds. The van der Waals surface area contributed by atoms with E-state index in [1.807, 2.05) is 27.7 Å². The van der Waals surface area contributed by atoms with Gasteiger partial charge in [-0.2, -0.15) is 5.10 Å². The van der Waals surface area contributed by atoms with E-state index in [9.17, 15) is 4.79 Å². The highest BCUT2D eigenvalue weighted by Crippen LogP contribution is 2.28. The highest BCUT2D eigenvalue weighted by atomic mass is 16.1. The van der Waals surface area contributed by atoms with Gasteiger partial charge in [-0.15, -0.1) is 0 Å². The standard InChI is InChI=1S/C11H20N4O.C2H6/c1-7(2)11(16)14-9-5-8(6-9)10(12-3)15-13-4;1-2/h7-9H,4-6H2,1-3H3,(H,12,15)(H,14,16);1-2H3. The normalized spacial score (nSPS) is 22.4. The first-order valence-corrected chi connectivity index (χ1v) is 6.57. The van der Waals surface area contributed by atoms with E-state index in [1.165, 1.54) is 0 Å². The second-order valence-electron chi connectivity index (χ2n) is 4.41. The summed E-state index contributed by atoms with van der Waals surface area (Å²) >= 11 is 0. The molecule has 0 bridgehead atoms. The molecule has 0 heterocycles. The number of carbonyl (C=O) groups is 1. The van der Waals surface area contributed by atoms with Crippen molar-refractivity contribution in [3.8, 4) is 0 Å². The lowest BCUT2D eigenvalue weighted by molar-refractivity contribution is -0.125. The van der Waals surface area contributed by atoms with E-state index in [4.69, 9.17) is 0 Å². The van der Waals surface area contributed by atoms with Crippen LogP contribution in [0.3, 0.4) is 0 Å². The van der Waals surface area contributed by atoms with Crippen LogP contribution >= 0.6 is 0 Å². The summed E-state index contributed by atoms with van der Waals surface area (Å²) in [5, 5.41) is 6.60. The van der Waals surface area contributed by atoms with Crippen LogP contribution in [0.25, 0.3) is 0 Å². The first-order valence-electron chi connectivity index (χ1n) is 6.57. The molecule has 0 aromatic rings. The fourth-order valence-electron chi connectivity index (χ4n) is 1.73. The van der Waals surface area contributed by atoms with E-state index in [2.05, 4.69) is 27.6 Å². The molecule has 0 aliphatic heterocycles. The van der Waals surface area contributed by atoms with Crippen LogP contribution in [0, 0.1) is 11.8 Å². The molecule has 0 unspecified atom stereocenters. The minimum atomic E-state index is 0.0475. The molecule has 0 aromatic heterocycles. The van der Waals surface area contributed by atoms with E-state index in [0.717, 1.165) is 18.7 Å². The minimum absolute atomic E-state index is 0.0475. The van der Waals surface area contributed by atoms with Crippen LogP contribution < -0.4 is 10.7 Å². The highest BCUT2D eigenvalue weighted by Gasteiger charge is 2.33. The maximum Gasteiger partial charge on any atom is 0.222 e.